The third-order valence-corrected chi connectivity index (χ3v) is 3.79. The number of alkyl halides is 14. The van der Waals surface area contributed by atoms with Crippen LogP contribution in [-0.4, -0.2) is 55.9 Å². The highest BCUT2D eigenvalue weighted by molar-refractivity contribution is 7.52. The zero-order valence-electron chi connectivity index (χ0n) is 12.4. The molecule has 0 bridgehead atoms. The molecule has 0 N–H and O–H groups in total. The zero-order valence-corrected chi connectivity index (χ0v) is 13.3. The lowest BCUT2D eigenvalue weighted by atomic mass is 10.2. The first-order valence-corrected chi connectivity index (χ1v) is 7.92. The standard InChI is InChI=1S/C9H7F14O3P/c1-27(24,25-2-4(10,11)6(14,15)8(18,19)20)26-3-5(12,13)7(16,17)9(21,22)23/h2-3H2,1H3. The van der Waals surface area contributed by atoms with Crippen LogP contribution in [0.2, 0.25) is 0 Å². The third kappa shape index (κ3) is 5.59. The lowest BCUT2D eigenvalue weighted by molar-refractivity contribution is -0.360. The van der Waals surface area contributed by atoms with Crippen molar-refractivity contribution in [1.29, 1.82) is 0 Å². The van der Waals surface area contributed by atoms with Gasteiger partial charge in [-0.25, -0.2) is 0 Å². The van der Waals surface area contributed by atoms with Crippen LogP contribution in [0.3, 0.4) is 0 Å². The maximum atomic E-state index is 12.9. The number of halogens is 14. The van der Waals surface area contributed by atoms with Gasteiger partial charge in [-0.05, 0) is 0 Å². The minimum atomic E-state index is -6.82. The van der Waals surface area contributed by atoms with Gasteiger partial charge in [0.2, 0.25) is 0 Å². The Labute approximate surface area is 140 Å². The molecule has 0 rings (SSSR count). The van der Waals surface area contributed by atoms with E-state index in [4.69, 9.17) is 0 Å². The normalized spacial score (nSPS) is 16.0. The molecule has 3 nitrogen and oxygen atoms in total. The van der Waals surface area contributed by atoms with Crippen molar-refractivity contribution in [2.75, 3.05) is 19.9 Å². The molecule has 0 radical (unpaired) electrons. The summed E-state index contributed by atoms with van der Waals surface area (Å²) in [4.78, 5) is 0. The molecule has 0 aromatic rings. The third-order valence-electron chi connectivity index (χ3n) is 2.59. The van der Waals surface area contributed by atoms with Gasteiger partial charge in [0.1, 0.15) is 13.2 Å². The Morgan fingerprint density at radius 2 is 0.815 bits per heavy atom. The summed E-state index contributed by atoms with van der Waals surface area (Å²) in [5, 5.41) is 0. The van der Waals surface area contributed by atoms with Gasteiger partial charge in [-0.15, -0.1) is 0 Å². The molecule has 0 spiro atoms. The summed E-state index contributed by atoms with van der Waals surface area (Å²) in [6.45, 7) is -6.21. The summed E-state index contributed by atoms with van der Waals surface area (Å²) in [6, 6.07) is 0. The Balaban J connectivity index is 5.16. The first-order valence-electron chi connectivity index (χ1n) is 5.93. The fraction of sp³-hybridized carbons (Fsp3) is 1.00. The van der Waals surface area contributed by atoms with Gasteiger partial charge in [0.25, 0.3) is 0 Å². The van der Waals surface area contributed by atoms with E-state index < -0.39 is 56.9 Å². The predicted octanol–water partition coefficient (Wildman–Crippen LogP) is 5.51. The second-order valence-corrected chi connectivity index (χ2v) is 6.93. The Morgan fingerprint density at radius 1 is 0.593 bits per heavy atom. The van der Waals surface area contributed by atoms with E-state index in [9.17, 15) is 66.0 Å². The summed E-state index contributed by atoms with van der Waals surface area (Å²) in [5.41, 5.74) is 0. The van der Waals surface area contributed by atoms with Crippen molar-refractivity contribution in [3.8, 4) is 0 Å². The molecule has 0 aliphatic carbocycles. The SMILES string of the molecule is CP(=O)(OCC(F)(F)C(F)(F)C(F)(F)F)OCC(F)(F)C(F)(F)C(F)(F)F. The number of hydrogen-bond acceptors (Lipinski definition) is 3. The molecule has 0 fully saturated rings. The van der Waals surface area contributed by atoms with Gasteiger partial charge in [0.05, 0.1) is 0 Å². The largest absolute Gasteiger partial charge is 0.459 e. The highest BCUT2D eigenvalue weighted by atomic mass is 31.2. The monoisotopic (exact) mass is 460 g/mol. The highest BCUT2D eigenvalue weighted by Crippen LogP contribution is 2.53. The van der Waals surface area contributed by atoms with Crippen molar-refractivity contribution in [2.45, 2.75) is 36.0 Å². The lowest BCUT2D eigenvalue weighted by Gasteiger charge is -2.30. The van der Waals surface area contributed by atoms with E-state index in [0.29, 0.717) is 0 Å². The van der Waals surface area contributed by atoms with Crippen LogP contribution in [0, 0.1) is 0 Å². The van der Waals surface area contributed by atoms with Crippen LogP contribution in [0.4, 0.5) is 61.5 Å². The van der Waals surface area contributed by atoms with Crippen LogP contribution in [-0.2, 0) is 13.6 Å². The molecule has 18 heteroatoms. The van der Waals surface area contributed by atoms with Gasteiger partial charge in [-0.3, -0.25) is 4.57 Å². The van der Waals surface area contributed by atoms with Crippen molar-refractivity contribution in [3.05, 3.63) is 0 Å². The molecule has 27 heavy (non-hydrogen) atoms. The molecular weight excluding hydrogens is 453 g/mol. The minimum Gasteiger partial charge on any atom is -0.302 e. The molecule has 164 valence electrons. The van der Waals surface area contributed by atoms with E-state index in [1.807, 2.05) is 0 Å². The molecular formula is C9H7F14O3P. The minimum absolute atomic E-state index is 0.114. The van der Waals surface area contributed by atoms with Crippen molar-refractivity contribution in [1.82, 2.24) is 0 Å². The van der Waals surface area contributed by atoms with Gasteiger partial charge >= 0.3 is 43.6 Å². The average molecular weight is 460 g/mol. The summed E-state index contributed by atoms with van der Waals surface area (Å²) in [6.07, 6.45) is -13.6. The van der Waals surface area contributed by atoms with Gasteiger partial charge in [-0.2, -0.15) is 61.5 Å². The maximum Gasteiger partial charge on any atom is 0.459 e. The van der Waals surface area contributed by atoms with E-state index in [1.165, 1.54) is 0 Å². The quantitative estimate of drug-likeness (QED) is 0.354. The Morgan fingerprint density at radius 3 is 1.00 bits per heavy atom. The van der Waals surface area contributed by atoms with Crippen LogP contribution in [0.1, 0.15) is 0 Å². The first-order chi connectivity index (χ1) is 11.4. The van der Waals surface area contributed by atoms with Gasteiger partial charge in [0.15, 0.2) is 0 Å². The molecule has 0 aromatic heterocycles. The topological polar surface area (TPSA) is 35.5 Å². The smallest absolute Gasteiger partial charge is 0.302 e. The Kier molecular flexibility index (Phi) is 6.99. The van der Waals surface area contributed by atoms with Crippen LogP contribution in [0.25, 0.3) is 0 Å². The van der Waals surface area contributed by atoms with Crippen molar-refractivity contribution < 1.29 is 75.1 Å². The maximum absolute atomic E-state index is 12.9. The Bertz CT molecular complexity index is 519. The number of rotatable bonds is 8. The molecule has 0 saturated carbocycles. The molecule has 0 aliphatic rings. The summed E-state index contributed by atoms with van der Waals surface area (Å²) in [5.74, 6) is -25.7. The van der Waals surface area contributed by atoms with E-state index in [0.717, 1.165) is 0 Å². The fourth-order valence-electron chi connectivity index (χ4n) is 1.03. The number of hydrogen-bond donors (Lipinski definition) is 0. The van der Waals surface area contributed by atoms with E-state index in [1.54, 1.807) is 0 Å². The summed E-state index contributed by atoms with van der Waals surface area (Å²) < 4.78 is 190. The molecule has 0 amide bonds. The van der Waals surface area contributed by atoms with E-state index in [2.05, 4.69) is 9.05 Å². The molecule has 0 aromatic carbocycles. The second-order valence-electron chi connectivity index (χ2n) is 4.87. The zero-order chi connectivity index (χ0) is 22.3. The first kappa shape index (κ1) is 26.2. The van der Waals surface area contributed by atoms with Crippen LogP contribution in [0.15, 0.2) is 0 Å². The van der Waals surface area contributed by atoms with Gasteiger partial charge < -0.3 is 9.05 Å². The summed E-state index contributed by atoms with van der Waals surface area (Å²) >= 11 is 0. The highest BCUT2D eigenvalue weighted by Gasteiger charge is 2.74. The molecule has 0 unspecified atom stereocenters. The van der Waals surface area contributed by atoms with Crippen molar-refractivity contribution >= 4 is 7.60 Å². The lowest BCUT2D eigenvalue weighted by Crippen LogP contribution is -2.54. The predicted molar refractivity (Wildman–Crippen MR) is 57.3 cm³/mol. The van der Waals surface area contributed by atoms with Crippen LogP contribution in [0.5, 0.6) is 0 Å². The molecule has 0 heterocycles. The van der Waals surface area contributed by atoms with Crippen LogP contribution >= 0.6 is 7.60 Å². The Hall–Kier alpha value is -0.830. The van der Waals surface area contributed by atoms with E-state index in [-0.39, 0.29) is 6.66 Å². The van der Waals surface area contributed by atoms with Gasteiger partial charge in [0, 0.05) is 6.66 Å². The molecule has 0 aliphatic heterocycles. The van der Waals surface area contributed by atoms with Crippen molar-refractivity contribution in [3.63, 3.8) is 0 Å². The molecule has 0 saturated heterocycles. The fourth-order valence-corrected chi connectivity index (χ4v) is 1.90. The van der Waals surface area contributed by atoms with Gasteiger partial charge in [-0.1, -0.05) is 0 Å². The summed E-state index contributed by atoms with van der Waals surface area (Å²) in [7, 11) is -5.49. The second kappa shape index (κ2) is 7.21. The average Bonchev–Trinajstić information content (AvgIpc) is 2.41. The van der Waals surface area contributed by atoms with E-state index >= 15 is 0 Å². The molecule has 0 atom stereocenters. The van der Waals surface area contributed by atoms with Crippen LogP contribution < -0.4 is 0 Å². The van der Waals surface area contributed by atoms with Crippen molar-refractivity contribution in [2.24, 2.45) is 0 Å².